The fourth-order valence-electron chi connectivity index (χ4n) is 1.76. The summed E-state index contributed by atoms with van der Waals surface area (Å²) in [4.78, 5) is 11.8. The van der Waals surface area contributed by atoms with E-state index in [1.165, 1.54) is 0 Å². The summed E-state index contributed by atoms with van der Waals surface area (Å²) < 4.78 is 5.68. The monoisotopic (exact) mass is 270 g/mol. The van der Waals surface area contributed by atoms with Crippen LogP contribution in [0.15, 0.2) is 54.6 Å². The predicted octanol–water partition coefficient (Wildman–Crippen LogP) is 1.95. The highest BCUT2D eigenvalue weighted by atomic mass is 16.5. The Morgan fingerprint density at radius 1 is 1.10 bits per heavy atom. The van der Waals surface area contributed by atoms with Crippen LogP contribution in [0, 0.1) is 0 Å². The second kappa shape index (κ2) is 7.31. The minimum atomic E-state index is -0.138. The maximum absolute atomic E-state index is 11.8. The summed E-state index contributed by atoms with van der Waals surface area (Å²) in [6.45, 7) is 1.37. The second-order valence-electron chi connectivity index (χ2n) is 4.35. The van der Waals surface area contributed by atoms with Gasteiger partial charge in [0.25, 0.3) is 5.91 Å². The van der Waals surface area contributed by atoms with Crippen molar-refractivity contribution in [3.8, 4) is 5.75 Å². The third kappa shape index (κ3) is 4.10. The zero-order chi connectivity index (χ0) is 14.2. The van der Waals surface area contributed by atoms with Gasteiger partial charge in [-0.15, -0.1) is 0 Å². The SMILES string of the molecule is NCCNC(=O)c1cccc(OCc2ccccc2)c1. The lowest BCUT2D eigenvalue weighted by atomic mass is 10.2. The molecule has 0 heterocycles. The van der Waals surface area contributed by atoms with E-state index < -0.39 is 0 Å². The van der Waals surface area contributed by atoms with Gasteiger partial charge >= 0.3 is 0 Å². The van der Waals surface area contributed by atoms with Crippen molar-refractivity contribution >= 4 is 5.91 Å². The smallest absolute Gasteiger partial charge is 0.251 e. The molecule has 3 N–H and O–H groups in total. The number of amides is 1. The molecule has 0 saturated carbocycles. The van der Waals surface area contributed by atoms with Crippen molar-refractivity contribution in [2.45, 2.75) is 6.61 Å². The molecule has 0 aliphatic carbocycles. The first-order valence-corrected chi connectivity index (χ1v) is 6.54. The van der Waals surface area contributed by atoms with Crippen molar-refractivity contribution in [1.82, 2.24) is 5.32 Å². The summed E-state index contributed by atoms with van der Waals surface area (Å²) >= 11 is 0. The lowest BCUT2D eigenvalue weighted by Gasteiger charge is -2.08. The van der Waals surface area contributed by atoms with E-state index in [9.17, 15) is 4.79 Å². The van der Waals surface area contributed by atoms with E-state index in [-0.39, 0.29) is 5.91 Å². The molecule has 0 fully saturated rings. The van der Waals surface area contributed by atoms with E-state index in [2.05, 4.69) is 5.32 Å². The molecule has 4 heteroatoms. The summed E-state index contributed by atoms with van der Waals surface area (Å²) in [6, 6.07) is 17.0. The first-order chi connectivity index (χ1) is 9.79. The number of carbonyl (C=O) groups excluding carboxylic acids is 1. The van der Waals surface area contributed by atoms with Crippen LogP contribution in [-0.4, -0.2) is 19.0 Å². The number of nitrogens with two attached hydrogens (primary N) is 1. The van der Waals surface area contributed by atoms with Gasteiger partial charge in [0, 0.05) is 18.7 Å². The summed E-state index contributed by atoms with van der Waals surface area (Å²) in [5.41, 5.74) is 7.02. The number of hydrogen-bond acceptors (Lipinski definition) is 3. The van der Waals surface area contributed by atoms with Gasteiger partial charge in [-0.25, -0.2) is 0 Å². The molecule has 0 aliphatic heterocycles. The normalized spacial score (nSPS) is 10.1. The van der Waals surface area contributed by atoms with Crippen LogP contribution in [0.1, 0.15) is 15.9 Å². The Morgan fingerprint density at radius 3 is 2.65 bits per heavy atom. The summed E-state index contributed by atoms with van der Waals surface area (Å²) in [7, 11) is 0. The Balaban J connectivity index is 1.97. The van der Waals surface area contributed by atoms with E-state index in [0.717, 1.165) is 5.56 Å². The molecule has 2 aromatic carbocycles. The van der Waals surface area contributed by atoms with Crippen LogP contribution in [0.4, 0.5) is 0 Å². The summed E-state index contributed by atoms with van der Waals surface area (Å²) in [5, 5.41) is 2.73. The highest BCUT2D eigenvalue weighted by Gasteiger charge is 2.05. The zero-order valence-electron chi connectivity index (χ0n) is 11.2. The number of benzene rings is 2. The number of rotatable bonds is 6. The molecule has 104 valence electrons. The van der Waals surface area contributed by atoms with Crippen molar-refractivity contribution < 1.29 is 9.53 Å². The molecule has 0 bridgehead atoms. The largest absolute Gasteiger partial charge is 0.489 e. The maximum atomic E-state index is 11.8. The van der Waals surface area contributed by atoms with Gasteiger partial charge in [-0.1, -0.05) is 36.4 Å². The van der Waals surface area contributed by atoms with Crippen molar-refractivity contribution in [2.75, 3.05) is 13.1 Å². The van der Waals surface area contributed by atoms with Crippen LogP contribution >= 0.6 is 0 Å². The van der Waals surface area contributed by atoms with Crippen molar-refractivity contribution in [1.29, 1.82) is 0 Å². The second-order valence-corrected chi connectivity index (χ2v) is 4.35. The van der Waals surface area contributed by atoms with E-state index >= 15 is 0 Å². The average Bonchev–Trinajstić information content (AvgIpc) is 2.52. The predicted molar refractivity (Wildman–Crippen MR) is 78.6 cm³/mol. The standard InChI is InChI=1S/C16H18N2O2/c17-9-10-18-16(19)14-7-4-8-15(11-14)20-12-13-5-2-1-3-6-13/h1-8,11H,9-10,12,17H2,(H,18,19). The third-order valence-electron chi connectivity index (χ3n) is 2.77. The van der Waals surface area contributed by atoms with Gasteiger partial charge in [0.15, 0.2) is 0 Å². The molecule has 2 aromatic rings. The van der Waals surface area contributed by atoms with Gasteiger partial charge in [-0.3, -0.25) is 4.79 Å². The number of ether oxygens (including phenoxy) is 1. The molecule has 0 aromatic heterocycles. The molecule has 0 radical (unpaired) electrons. The fraction of sp³-hybridized carbons (Fsp3) is 0.188. The van der Waals surface area contributed by atoms with Gasteiger partial charge in [-0.05, 0) is 23.8 Å². The summed E-state index contributed by atoms with van der Waals surface area (Å²) in [5.74, 6) is 0.537. The van der Waals surface area contributed by atoms with Gasteiger partial charge in [-0.2, -0.15) is 0 Å². The Bertz CT molecular complexity index is 555. The quantitative estimate of drug-likeness (QED) is 0.843. The van der Waals surface area contributed by atoms with E-state index in [1.54, 1.807) is 18.2 Å². The molecule has 0 aliphatic rings. The van der Waals surface area contributed by atoms with Crippen molar-refractivity contribution in [3.05, 3.63) is 65.7 Å². The fourth-order valence-corrected chi connectivity index (χ4v) is 1.76. The first kappa shape index (κ1) is 14.1. The number of hydrogen-bond donors (Lipinski definition) is 2. The Hall–Kier alpha value is -2.33. The van der Waals surface area contributed by atoms with Gasteiger partial charge in [0.1, 0.15) is 12.4 Å². The lowest BCUT2D eigenvalue weighted by molar-refractivity contribution is 0.0954. The topological polar surface area (TPSA) is 64.3 Å². The van der Waals surface area contributed by atoms with Crippen LogP contribution in [-0.2, 0) is 6.61 Å². The molecular formula is C16H18N2O2. The van der Waals surface area contributed by atoms with Gasteiger partial charge in [0.2, 0.25) is 0 Å². The molecule has 0 saturated heterocycles. The molecule has 1 amide bonds. The van der Waals surface area contributed by atoms with Crippen LogP contribution in [0.5, 0.6) is 5.75 Å². The molecule has 2 rings (SSSR count). The molecule has 0 atom stereocenters. The van der Waals surface area contributed by atoms with E-state index in [4.69, 9.17) is 10.5 Å². The van der Waals surface area contributed by atoms with E-state index in [1.807, 2.05) is 36.4 Å². The highest BCUT2D eigenvalue weighted by molar-refractivity contribution is 5.94. The van der Waals surface area contributed by atoms with Gasteiger partial charge < -0.3 is 15.8 Å². The van der Waals surface area contributed by atoms with Crippen molar-refractivity contribution in [3.63, 3.8) is 0 Å². The summed E-state index contributed by atoms with van der Waals surface area (Å²) in [6.07, 6.45) is 0. The Labute approximate surface area is 118 Å². The molecular weight excluding hydrogens is 252 g/mol. The number of nitrogens with one attached hydrogen (secondary N) is 1. The minimum absolute atomic E-state index is 0.138. The Kier molecular flexibility index (Phi) is 5.15. The van der Waals surface area contributed by atoms with Crippen LogP contribution in [0.3, 0.4) is 0 Å². The highest BCUT2D eigenvalue weighted by Crippen LogP contribution is 2.15. The molecule has 20 heavy (non-hydrogen) atoms. The van der Waals surface area contributed by atoms with Crippen LogP contribution in [0.25, 0.3) is 0 Å². The van der Waals surface area contributed by atoms with Crippen LogP contribution < -0.4 is 15.8 Å². The average molecular weight is 270 g/mol. The first-order valence-electron chi connectivity index (χ1n) is 6.54. The molecule has 0 spiro atoms. The zero-order valence-corrected chi connectivity index (χ0v) is 11.2. The molecule has 4 nitrogen and oxygen atoms in total. The lowest BCUT2D eigenvalue weighted by Crippen LogP contribution is -2.28. The molecule has 0 unspecified atom stereocenters. The van der Waals surface area contributed by atoms with Crippen LogP contribution in [0.2, 0.25) is 0 Å². The third-order valence-corrected chi connectivity index (χ3v) is 2.77. The maximum Gasteiger partial charge on any atom is 0.251 e. The van der Waals surface area contributed by atoms with Crippen molar-refractivity contribution in [2.24, 2.45) is 5.73 Å². The Morgan fingerprint density at radius 2 is 1.90 bits per heavy atom. The van der Waals surface area contributed by atoms with Gasteiger partial charge in [0.05, 0.1) is 0 Å². The minimum Gasteiger partial charge on any atom is -0.489 e. The van der Waals surface area contributed by atoms with E-state index in [0.29, 0.717) is 31.0 Å². The number of carbonyl (C=O) groups is 1.